The number of hydrogen-bond acceptors (Lipinski definition) is 4. The van der Waals surface area contributed by atoms with Crippen molar-refractivity contribution in [2.75, 3.05) is 5.32 Å². The second-order valence-electron chi connectivity index (χ2n) is 7.42. The van der Waals surface area contributed by atoms with Crippen molar-refractivity contribution in [3.8, 4) is 0 Å². The van der Waals surface area contributed by atoms with Gasteiger partial charge in [-0.15, -0.1) is 0 Å². The number of carbonyl (C=O) groups excluding carboxylic acids is 1. The van der Waals surface area contributed by atoms with E-state index < -0.39 is 33.0 Å². The number of anilines is 1. The number of carbonyl (C=O) groups is 1. The lowest BCUT2D eigenvalue weighted by atomic mass is 10.1. The summed E-state index contributed by atoms with van der Waals surface area (Å²) < 4.78 is 63.3. The Morgan fingerprint density at radius 2 is 1.70 bits per heavy atom. The molecule has 6 nitrogen and oxygen atoms in total. The molecule has 0 unspecified atom stereocenters. The lowest BCUT2D eigenvalue weighted by Crippen LogP contribution is -2.27. The van der Waals surface area contributed by atoms with Crippen molar-refractivity contribution >= 4 is 21.6 Å². The van der Waals surface area contributed by atoms with Crippen molar-refractivity contribution in [1.82, 2.24) is 9.78 Å². The maximum atomic E-state index is 12.7. The number of alkyl halides is 3. The molecule has 0 spiro atoms. The van der Waals surface area contributed by atoms with Gasteiger partial charge in [0.1, 0.15) is 5.82 Å². The monoisotopic (exact) mass is 401 g/mol. The molecule has 3 rings (SSSR count). The molecular formula is C17H18F3N3O3S. The van der Waals surface area contributed by atoms with E-state index in [0.717, 1.165) is 24.3 Å². The van der Waals surface area contributed by atoms with E-state index in [4.69, 9.17) is 0 Å². The zero-order chi connectivity index (χ0) is 20.2. The van der Waals surface area contributed by atoms with Crippen molar-refractivity contribution in [1.29, 1.82) is 0 Å². The Morgan fingerprint density at radius 1 is 1.11 bits per heavy atom. The lowest BCUT2D eigenvalue weighted by Gasteiger charge is -2.23. The Bertz CT molecular complexity index is 1000. The third-order valence-electron chi connectivity index (χ3n) is 4.13. The molecule has 1 N–H and O–H groups in total. The van der Waals surface area contributed by atoms with Crippen molar-refractivity contribution in [2.45, 2.75) is 44.0 Å². The van der Waals surface area contributed by atoms with Crippen molar-refractivity contribution in [3.05, 3.63) is 46.6 Å². The standard InChI is InChI=1S/C17H18F3N3O3S/c1-16(2,3)23-14(12-8-27(25,26)9-13(12)22-23)21-15(24)10-4-6-11(7-5-10)17(18,19)20/h4-7H,8-9H2,1-3H3,(H,21,24). The molecule has 27 heavy (non-hydrogen) atoms. The quantitative estimate of drug-likeness (QED) is 0.837. The topological polar surface area (TPSA) is 81.1 Å². The third kappa shape index (κ3) is 3.85. The second kappa shape index (κ2) is 6.08. The average Bonchev–Trinajstić information content (AvgIpc) is 2.99. The molecule has 1 aliphatic heterocycles. The number of nitrogens with one attached hydrogen (secondary N) is 1. The molecule has 1 amide bonds. The minimum Gasteiger partial charge on any atom is -0.306 e. The molecule has 0 fully saturated rings. The van der Waals surface area contributed by atoms with Gasteiger partial charge in [-0.2, -0.15) is 18.3 Å². The summed E-state index contributed by atoms with van der Waals surface area (Å²) >= 11 is 0. The van der Waals surface area contributed by atoms with E-state index in [1.54, 1.807) is 0 Å². The molecule has 0 aliphatic carbocycles. The zero-order valence-corrected chi connectivity index (χ0v) is 15.7. The maximum absolute atomic E-state index is 12.7. The largest absolute Gasteiger partial charge is 0.416 e. The van der Waals surface area contributed by atoms with E-state index >= 15 is 0 Å². The molecule has 2 heterocycles. The van der Waals surface area contributed by atoms with Crippen LogP contribution in [-0.4, -0.2) is 24.1 Å². The number of sulfone groups is 1. The molecule has 2 aromatic rings. The predicted octanol–water partition coefficient (Wildman–Crippen LogP) is 3.34. The Hall–Kier alpha value is -2.36. The summed E-state index contributed by atoms with van der Waals surface area (Å²) in [6, 6.07) is 3.80. The lowest BCUT2D eigenvalue weighted by molar-refractivity contribution is -0.137. The van der Waals surface area contributed by atoms with E-state index in [0.29, 0.717) is 11.3 Å². The van der Waals surface area contributed by atoms with E-state index in [2.05, 4.69) is 10.4 Å². The maximum Gasteiger partial charge on any atom is 0.416 e. The molecular weight excluding hydrogens is 383 g/mol. The van der Waals surface area contributed by atoms with Gasteiger partial charge in [-0.25, -0.2) is 13.1 Å². The SMILES string of the molecule is CC(C)(C)n1nc2c(c1NC(=O)c1ccc(C(F)(F)F)cc1)CS(=O)(=O)C2. The van der Waals surface area contributed by atoms with Gasteiger partial charge in [0, 0.05) is 11.1 Å². The summed E-state index contributed by atoms with van der Waals surface area (Å²) in [6.45, 7) is 5.53. The first-order chi connectivity index (χ1) is 12.3. The normalized spacial score (nSPS) is 16.2. The van der Waals surface area contributed by atoms with Crippen LogP contribution in [0.5, 0.6) is 0 Å². The van der Waals surface area contributed by atoms with Crippen LogP contribution in [-0.2, 0) is 33.1 Å². The van der Waals surface area contributed by atoms with E-state index in [1.165, 1.54) is 4.68 Å². The van der Waals surface area contributed by atoms with Crippen LogP contribution in [0.15, 0.2) is 24.3 Å². The second-order valence-corrected chi connectivity index (χ2v) is 9.48. The molecule has 1 aromatic heterocycles. The number of aromatic nitrogens is 2. The molecule has 0 atom stereocenters. The summed E-state index contributed by atoms with van der Waals surface area (Å²) in [6.07, 6.45) is -4.49. The highest BCUT2D eigenvalue weighted by molar-refractivity contribution is 7.90. The number of fused-ring (bicyclic) bond motifs is 1. The molecule has 1 aliphatic rings. The molecule has 0 saturated carbocycles. The third-order valence-corrected chi connectivity index (χ3v) is 5.57. The summed E-state index contributed by atoms with van der Waals surface area (Å²) in [5.74, 6) is -0.819. The molecule has 1 aromatic carbocycles. The first kappa shape index (κ1) is 19.4. The van der Waals surface area contributed by atoms with Crippen LogP contribution in [0.1, 0.15) is 48.0 Å². The molecule has 0 radical (unpaired) electrons. The number of rotatable bonds is 2. The smallest absolute Gasteiger partial charge is 0.306 e. The van der Waals surface area contributed by atoms with Gasteiger partial charge in [-0.3, -0.25) is 4.79 Å². The summed E-state index contributed by atoms with van der Waals surface area (Å²) in [7, 11) is -3.32. The first-order valence-corrected chi connectivity index (χ1v) is 9.90. The van der Waals surface area contributed by atoms with Gasteiger partial charge in [-0.05, 0) is 45.0 Å². The fourth-order valence-electron chi connectivity index (χ4n) is 2.85. The summed E-state index contributed by atoms with van der Waals surface area (Å²) in [5, 5.41) is 6.95. The number of amides is 1. The Labute approximate surface area is 154 Å². The zero-order valence-electron chi connectivity index (χ0n) is 14.9. The highest BCUT2D eigenvalue weighted by Gasteiger charge is 2.35. The van der Waals surface area contributed by atoms with E-state index in [1.807, 2.05) is 20.8 Å². The van der Waals surface area contributed by atoms with Crippen LogP contribution in [0.4, 0.5) is 19.0 Å². The van der Waals surface area contributed by atoms with Crippen molar-refractivity contribution in [2.24, 2.45) is 0 Å². The highest BCUT2D eigenvalue weighted by Crippen LogP contribution is 2.35. The molecule has 0 bridgehead atoms. The summed E-state index contributed by atoms with van der Waals surface area (Å²) in [5.41, 5.74) is -0.556. The molecule has 10 heteroatoms. The molecule has 146 valence electrons. The van der Waals surface area contributed by atoms with Gasteiger partial charge in [0.25, 0.3) is 5.91 Å². The van der Waals surface area contributed by atoms with Crippen LogP contribution < -0.4 is 5.32 Å². The van der Waals surface area contributed by atoms with Crippen LogP contribution >= 0.6 is 0 Å². The van der Waals surface area contributed by atoms with Crippen LogP contribution in [0.3, 0.4) is 0 Å². The first-order valence-electron chi connectivity index (χ1n) is 8.08. The highest BCUT2D eigenvalue weighted by atomic mass is 32.2. The fraction of sp³-hybridized carbons (Fsp3) is 0.412. The van der Waals surface area contributed by atoms with Crippen LogP contribution in [0, 0.1) is 0 Å². The minimum absolute atomic E-state index is 0.0271. The van der Waals surface area contributed by atoms with Gasteiger partial charge in [0.05, 0.1) is 28.3 Å². The van der Waals surface area contributed by atoms with E-state index in [9.17, 15) is 26.4 Å². The van der Waals surface area contributed by atoms with Gasteiger partial charge in [0.15, 0.2) is 9.84 Å². The molecule has 0 saturated heterocycles. The Balaban J connectivity index is 1.94. The number of nitrogens with zero attached hydrogens (tertiary/aromatic N) is 2. The van der Waals surface area contributed by atoms with Crippen LogP contribution in [0.25, 0.3) is 0 Å². The number of benzene rings is 1. The van der Waals surface area contributed by atoms with E-state index in [-0.39, 0.29) is 22.9 Å². The van der Waals surface area contributed by atoms with Crippen molar-refractivity contribution in [3.63, 3.8) is 0 Å². The van der Waals surface area contributed by atoms with Gasteiger partial charge >= 0.3 is 6.18 Å². The average molecular weight is 401 g/mol. The summed E-state index contributed by atoms with van der Waals surface area (Å²) in [4.78, 5) is 12.5. The number of hydrogen-bond donors (Lipinski definition) is 1. The van der Waals surface area contributed by atoms with Gasteiger partial charge in [-0.1, -0.05) is 0 Å². The predicted molar refractivity (Wildman–Crippen MR) is 92.9 cm³/mol. The Kier molecular flexibility index (Phi) is 4.37. The number of halogens is 3. The van der Waals surface area contributed by atoms with Crippen LogP contribution in [0.2, 0.25) is 0 Å². The Morgan fingerprint density at radius 3 is 2.22 bits per heavy atom. The fourth-order valence-corrected chi connectivity index (χ4v) is 4.34. The minimum atomic E-state index is -4.49. The van der Waals surface area contributed by atoms with Gasteiger partial charge < -0.3 is 5.32 Å². The van der Waals surface area contributed by atoms with Crippen molar-refractivity contribution < 1.29 is 26.4 Å². The van der Waals surface area contributed by atoms with Gasteiger partial charge in [0.2, 0.25) is 0 Å².